The van der Waals surface area contributed by atoms with Gasteiger partial charge < -0.3 is 0 Å². The summed E-state index contributed by atoms with van der Waals surface area (Å²) in [6.45, 7) is 6.31. The minimum atomic E-state index is -0.258. The molecule has 0 aliphatic rings. The van der Waals surface area contributed by atoms with Gasteiger partial charge in [0, 0.05) is 5.56 Å². The molecule has 0 spiro atoms. The van der Waals surface area contributed by atoms with Crippen LogP contribution >= 0.6 is 0 Å². The third kappa shape index (κ3) is 3.08. The molecule has 2 heteroatoms. The lowest BCUT2D eigenvalue weighted by molar-refractivity contribution is 0.112. The number of hydrogen-bond donors (Lipinski definition) is 0. The van der Waals surface area contributed by atoms with Crippen LogP contribution in [0, 0.1) is 5.82 Å². The summed E-state index contributed by atoms with van der Waals surface area (Å²) >= 11 is 0. The van der Waals surface area contributed by atoms with Gasteiger partial charge in [0.1, 0.15) is 12.1 Å². The van der Waals surface area contributed by atoms with Crippen molar-refractivity contribution < 1.29 is 9.18 Å². The van der Waals surface area contributed by atoms with Gasteiger partial charge in [0.15, 0.2) is 0 Å². The SMILES string of the molecule is CC(C)(C)c1cc(C=O)cc(-c2ccc(F)cc2)c1. The largest absolute Gasteiger partial charge is 0.298 e. The van der Waals surface area contributed by atoms with Gasteiger partial charge in [-0.25, -0.2) is 4.39 Å². The second-order valence-electron chi connectivity index (χ2n) is 5.72. The van der Waals surface area contributed by atoms with E-state index in [1.54, 1.807) is 12.1 Å². The molecule has 0 aliphatic carbocycles. The van der Waals surface area contributed by atoms with Crippen molar-refractivity contribution in [2.24, 2.45) is 0 Å². The molecular weight excluding hydrogens is 239 g/mol. The zero-order chi connectivity index (χ0) is 14.0. The Kier molecular flexibility index (Phi) is 3.52. The molecule has 0 N–H and O–H groups in total. The van der Waals surface area contributed by atoms with Crippen LogP contribution in [0.4, 0.5) is 4.39 Å². The van der Waals surface area contributed by atoms with E-state index in [9.17, 15) is 9.18 Å². The highest BCUT2D eigenvalue weighted by molar-refractivity contribution is 5.79. The maximum atomic E-state index is 13.0. The molecule has 98 valence electrons. The summed E-state index contributed by atoms with van der Waals surface area (Å²) in [6.07, 6.45) is 0.849. The Hall–Kier alpha value is -1.96. The molecule has 0 unspecified atom stereocenters. The molecule has 0 bridgehead atoms. The first kappa shape index (κ1) is 13.5. The van der Waals surface area contributed by atoms with E-state index in [1.165, 1.54) is 12.1 Å². The molecule has 2 aromatic rings. The molecule has 0 atom stereocenters. The first-order valence-corrected chi connectivity index (χ1v) is 6.27. The second-order valence-corrected chi connectivity index (χ2v) is 5.72. The molecule has 0 heterocycles. The lowest BCUT2D eigenvalue weighted by Crippen LogP contribution is -2.11. The van der Waals surface area contributed by atoms with Crippen LogP contribution in [0.5, 0.6) is 0 Å². The van der Waals surface area contributed by atoms with Gasteiger partial charge in [-0.3, -0.25) is 4.79 Å². The Bertz CT molecular complexity index is 592. The van der Waals surface area contributed by atoms with E-state index in [0.717, 1.165) is 23.0 Å². The van der Waals surface area contributed by atoms with Crippen LogP contribution in [-0.4, -0.2) is 6.29 Å². The van der Waals surface area contributed by atoms with Crippen LogP contribution in [0.3, 0.4) is 0 Å². The van der Waals surface area contributed by atoms with Crippen molar-refractivity contribution in [3.63, 3.8) is 0 Å². The fraction of sp³-hybridized carbons (Fsp3) is 0.235. The van der Waals surface area contributed by atoms with E-state index in [0.29, 0.717) is 5.56 Å². The van der Waals surface area contributed by atoms with Crippen molar-refractivity contribution in [3.05, 3.63) is 59.4 Å². The van der Waals surface area contributed by atoms with Crippen LogP contribution in [0.25, 0.3) is 11.1 Å². The Balaban J connectivity index is 2.57. The lowest BCUT2D eigenvalue weighted by Gasteiger charge is -2.20. The quantitative estimate of drug-likeness (QED) is 0.717. The lowest BCUT2D eigenvalue weighted by atomic mass is 9.84. The van der Waals surface area contributed by atoms with Crippen molar-refractivity contribution in [1.29, 1.82) is 0 Å². The van der Waals surface area contributed by atoms with Crippen molar-refractivity contribution in [2.75, 3.05) is 0 Å². The zero-order valence-electron chi connectivity index (χ0n) is 11.4. The second kappa shape index (κ2) is 4.96. The third-order valence-corrected chi connectivity index (χ3v) is 3.14. The van der Waals surface area contributed by atoms with Gasteiger partial charge in [-0.15, -0.1) is 0 Å². The molecule has 0 fully saturated rings. The van der Waals surface area contributed by atoms with Gasteiger partial charge in [-0.1, -0.05) is 39.0 Å². The highest BCUT2D eigenvalue weighted by Crippen LogP contribution is 2.29. The first-order valence-electron chi connectivity index (χ1n) is 6.27. The topological polar surface area (TPSA) is 17.1 Å². The fourth-order valence-electron chi connectivity index (χ4n) is 1.96. The van der Waals surface area contributed by atoms with E-state index in [1.807, 2.05) is 12.1 Å². The number of carbonyl (C=O) groups is 1. The van der Waals surface area contributed by atoms with Crippen LogP contribution < -0.4 is 0 Å². The number of aldehydes is 1. The van der Waals surface area contributed by atoms with E-state index < -0.39 is 0 Å². The summed E-state index contributed by atoms with van der Waals surface area (Å²) in [4.78, 5) is 11.1. The standard InChI is InChI=1S/C17H17FO/c1-17(2,3)15-9-12(11-19)8-14(10-15)13-4-6-16(18)7-5-13/h4-11H,1-3H3. The molecule has 2 aromatic carbocycles. The van der Waals surface area contributed by atoms with Crippen LogP contribution in [0.1, 0.15) is 36.7 Å². The molecule has 0 saturated carbocycles. The molecule has 19 heavy (non-hydrogen) atoms. The average Bonchev–Trinajstić information content (AvgIpc) is 2.38. The Labute approximate surface area is 113 Å². The summed E-state index contributed by atoms with van der Waals surface area (Å²) in [6, 6.07) is 12.1. The smallest absolute Gasteiger partial charge is 0.150 e. The number of halogens is 1. The molecular formula is C17H17FO. The number of hydrogen-bond acceptors (Lipinski definition) is 1. The summed E-state index contributed by atoms with van der Waals surface area (Å²) in [5, 5.41) is 0. The monoisotopic (exact) mass is 256 g/mol. The van der Waals surface area contributed by atoms with Crippen LogP contribution in [-0.2, 0) is 5.41 Å². The summed E-state index contributed by atoms with van der Waals surface area (Å²) in [7, 11) is 0. The van der Waals surface area contributed by atoms with Gasteiger partial charge in [0.2, 0.25) is 0 Å². The molecule has 0 aromatic heterocycles. The summed E-state index contributed by atoms with van der Waals surface area (Å²) < 4.78 is 13.0. The molecule has 0 saturated heterocycles. The number of carbonyl (C=O) groups excluding carboxylic acids is 1. The van der Waals surface area contributed by atoms with Crippen LogP contribution in [0.2, 0.25) is 0 Å². The van der Waals surface area contributed by atoms with Crippen molar-refractivity contribution in [2.45, 2.75) is 26.2 Å². The van der Waals surface area contributed by atoms with Gasteiger partial charge in [0.05, 0.1) is 0 Å². The highest BCUT2D eigenvalue weighted by atomic mass is 19.1. The van der Waals surface area contributed by atoms with E-state index >= 15 is 0 Å². The van der Waals surface area contributed by atoms with Crippen LogP contribution in [0.15, 0.2) is 42.5 Å². The summed E-state index contributed by atoms with van der Waals surface area (Å²) in [5.41, 5.74) is 3.56. The van der Waals surface area contributed by atoms with Crippen molar-refractivity contribution >= 4 is 6.29 Å². The summed E-state index contributed by atoms with van der Waals surface area (Å²) in [5.74, 6) is -0.258. The molecule has 1 nitrogen and oxygen atoms in total. The van der Waals surface area contributed by atoms with Gasteiger partial charge in [0.25, 0.3) is 0 Å². The Morgan fingerprint density at radius 1 is 0.947 bits per heavy atom. The third-order valence-electron chi connectivity index (χ3n) is 3.14. The predicted molar refractivity (Wildman–Crippen MR) is 75.9 cm³/mol. The first-order chi connectivity index (χ1) is 8.90. The Morgan fingerprint density at radius 3 is 2.11 bits per heavy atom. The number of rotatable bonds is 2. The average molecular weight is 256 g/mol. The minimum Gasteiger partial charge on any atom is -0.298 e. The van der Waals surface area contributed by atoms with Gasteiger partial charge in [-0.2, -0.15) is 0 Å². The molecule has 2 rings (SSSR count). The minimum absolute atomic E-state index is 0.0339. The molecule has 0 aliphatic heterocycles. The van der Waals surface area contributed by atoms with Gasteiger partial charge in [-0.05, 0) is 46.4 Å². The van der Waals surface area contributed by atoms with Gasteiger partial charge >= 0.3 is 0 Å². The Morgan fingerprint density at radius 2 is 1.58 bits per heavy atom. The normalized spacial score (nSPS) is 11.4. The van der Waals surface area contributed by atoms with E-state index in [4.69, 9.17) is 0 Å². The van der Waals surface area contributed by atoms with Crippen molar-refractivity contribution in [3.8, 4) is 11.1 Å². The van der Waals surface area contributed by atoms with E-state index in [2.05, 4.69) is 26.8 Å². The maximum Gasteiger partial charge on any atom is 0.150 e. The fourth-order valence-corrected chi connectivity index (χ4v) is 1.96. The molecule has 0 amide bonds. The highest BCUT2D eigenvalue weighted by Gasteiger charge is 2.15. The maximum absolute atomic E-state index is 13.0. The zero-order valence-corrected chi connectivity index (χ0v) is 11.4. The molecule has 0 radical (unpaired) electrons. The predicted octanol–water partition coefficient (Wildman–Crippen LogP) is 4.60. The van der Waals surface area contributed by atoms with Crippen molar-refractivity contribution in [1.82, 2.24) is 0 Å². The number of benzene rings is 2. The van der Waals surface area contributed by atoms with E-state index in [-0.39, 0.29) is 11.2 Å².